The molecule has 1 atom stereocenters. The minimum Gasteiger partial charge on any atom is -0.495 e. The molecule has 0 radical (unpaired) electrons. The molecule has 5 heteroatoms. The molecule has 2 aromatic rings. The summed E-state index contributed by atoms with van der Waals surface area (Å²) < 4.78 is 19.5. The van der Waals surface area contributed by atoms with Gasteiger partial charge in [-0.15, -0.1) is 0 Å². The van der Waals surface area contributed by atoms with Gasteiger partial charge in [-0.3, -0.25) is 0 Å². The molecule has 0 amide bonds. The summed E-state index contributed by atoms with van der Waals surface area (Å²) >= 11 is 9.32. The molecule has 20 heavy (non-hydrogen) atoms. The van der Waals surface area contributed by atoms with E-state index in [-0.39, 0.29) is 12.2 Å². The SMILES string of the molecule is COc1c(Br)cc(Cl)cc1C(O)Cc1ccccc1F. The van der Waals surface area contributed by atoms with Gasteiger partial charge in [-0.2, -0.15) is 0 Å². The van der Waals surface area contributed by atoms with Gasteiger partial charge < -0.3 is 9.84 Å². The van der Waals surface area contributed by atoms with Crippen molar-refractivity contribution in [1.29, 1.82) is 0 Å². The fourth-order valence-electron chi connectivity index (χ4n) is 2.03. The molecule has 2 rings (SSSR count). The first-order valence-corrected chi connectivity index (χ1v) is 7.14. The van der Waals surface area contributed by atoms with E-state index >= 15 is 0 Å². The van der Waals surface area contributed by atoms with E-state index in [1.807, 2.05) is 0 Å². The molecule has 0 saturated heterocycles. The van der Waals surface area contributed by atoms with Crippen molar-refractivity contribution in [2.45, 2.75) is 12.5 Å². The quantitative estimate of drug-likeness (QED) is 0.869. The maximum atomic E-state index is 13.6. The van der Waals surface area contributed by atoms with Crippen LogP contribution in [0, 0.1) is 5.82 Å². The number of benzene rings is 2. The Morgan fingerprint density at radius 3 is 2.70 bits per heavy atom. The summed E-state index contributed by atoms with van der Waals surface area (Å²) in [5.74, 6) is 0.157. The third kappa shape index (κ3) is 3.32. The van der Waals surface area contributed by atoms with E-state index in [0.29, 0.717) is 26.4 Å². The Labute approximate surface area is 130 Å². The van der Waals surface area contributed by atoms with Crippen LogP contribution in [0.4, 0.5) is 4.39 Å². The lowest BCUT2D eigenvalue weighted by Crippen LogP contribution is -2.06. The van der Waals surface area contributed by atoms with Gasteiger partial charge in [-0.25, -0.2) is 4.39 Å². The summed E-state index contributed by atoms with van der Waals surface area (Å²) in [6.07, 6.45) is -0.757. The molecule has 1 unspecified atom stereocenters. The van der Waals surface area contributed by atoms with E-state index in [1.54, 1.807) is 30.3 Å². The molecule has 2 nitrogen and oxygen atoms in total. The summed E-state index contributed by atoms with van der Waals surface area (Å²) in [5, 5.41) is 10.8. The van der Waals surface area contributed by atoms with Gasteiger partial charge in [0, 0.05) is 17.0 Å². The average molecular weight is 360 g/mol. The zero-order valence-corrected chi connectivity index (χ0v) is 13.1. The van der Waals surface area contributed by atoms with Crippen molar-refractivity contribution in [3.63, 3.8) is 0 Å². The molecule has 0 fully saturated rings. The van der Waals surface area contributed by atoms with E-state index < -0.39 is 6.10 Å². The molecule has 2 aromatic carbocycles. The second kappa shape index (κ2) is 6.57. The maximum Gasteiger partial charge on any atom is 0.138 e. The number of rotatable bonds is 4. The van der Waals surface area contributed by atoms with Gasteiger partial charge in [0.05, 0.1) is 17.7 Å². The number of halogens is 3. The van der Waals surface area contributed by atoms with Crippen molar-refractivity contribution < 1.29 is 14.2 Å². The normalized spacial score (nSPS) is 12.2. The first-order valence-electron chi connectivity index (χ1n) is 5.97. The van der Waals surface area contributed by atoms with Gasteiger partial charge in [0.25, 0.3) is 0 Å². The second-order valence-electron chi connectivity index (χ2n) is 4.32. The third-order valence-corrected chi connectivity index (χ3v) is 3.78. The van der Waals surface area contributed by atoms with Crippen molar-refractivity contribution in [2.24, 2.45) is 0 Å². The molecular weight excluding hydrogens is 347 g/mol. The molecule has 0 aliphatic heterocycles. The molecule has 0 saturated carbocycles. The Morgan fingerprint density at radius 1 is 1.35 bits per heavy atom. The van der Waals surface area contributed by atoms with Gasteiger partial charge in [-0.1, -0.05) is 29.8 Å². The Kier molecular flexibility index (Phi) is 5.02. The predicted octanol–water partition coefficient (Wildman–Crippen LogP) is 4.53. The fourth-order valence-corrected chi connectivity index (χ4v) is 3.02. The van der Waals surface area contributed by atoms with E-state index in [2.05, 4.69) is 15.9 Å². The van der Waals surface area contributed by atoms with Crippen molar-refractivity contribution in [1.82, 2.24) is 0 Å². The summed E-state index contributed by atoms with van der Waals surface area (Å²) in [5.41, 5.74) is 0.966. The highest BCUT2D eigenvalue weighted by atomic mass is 79.9. The van der Waals surface area contributed by atoms with Crippen LogP contribution >= 0.6 is 27.5 Å². The molecule has 0 spiro atoms. The summed E-state index contributed by atoms with van der Waals surface area (Å²) in [6, 6.07) is 9.66. The Hall–Kier alpha value is -1.10. The first-order chi connectivity index (χ1) is 9.52. The Morgan fingerprint density at radius 2 is 2.05 bits per heavy atom. The smallest absolute Gasteiger partial charge is 0.138 e. The van der Waals surface area contributed by atoms with Crippen LogP contribution in [-0.2, 0) is 6.42 Å². The molecule has 0 bridgehead atoms. The third-order valence-electron chi connectivity index (χ3n) is 2.97. The molecule has 0 aromatic heterocycles. The minimum atomic E-state index is -0.906. The van der Waals surface area contributed by atoms with Gasteiger partial charge in [0.15, 0.2) is 0 Å². The second-order valence-corrected chi connectivity index (χ2v) is 5.61. The van der Waals surface area contributed by atoms with Crippen LogP contribution in [0.5, 0.6) is 5.75 Å². The van der Waals surface area contributed by atoms with Gasteiger partial charge >= 0.3 is 0 Å². The summed E-state index contributed by atoms with van der Waals surface area (Å²) in [7, 11) is 1.51. The summed E-state index contributed by atoms with van der Waals surface area (Å²) in [6.45, 7) is 0. The topological polar surface area (TPSA) is 29.5 Å². The van der Waals surface area contributed by atoms with Crippen LogP contribution in [-0.4, -0.2) is 12.2 Å². The lowest BCUT2D eigenvalue weighted by molar-refractivity contribution is 0.172. The highest BCUT2D eigenvalue weighted by molar-refractivity contribution is 9.10. The van der Waals surface area contributed by atoms with Crippen LogP contribution in [0.2, 0.25) is 5.02 Å². The fraction of sp³-hybridized carbons (Fsp3) is 0.200. The lowest BCUT2D eigenvalue weighted by Gasteiger charge is -2.17. The van der Waals surface area contributed by atoms with Crippen LogP contribution < -0.4 is 4.74 Å². The minimum absolute atomic E-state index is 0.149. The van der Waals surface area contributed by atoms with E-state index in [0.717, 1.165) is 0 Å². The molecular formula is C15H13BrClFO2. The van der Waals surface area contributed by atoms with Crippen LogP contribution in [0.3, 0.4) is 0 Å². The number of aliphatic hydroxyl groups is 1. The Bertz CT molecular complexity index is 619. The molecule has 0 heterocycles. The van der Waals surface area contributed by atoms with Crippen molar-refractivity contribution in [3.05, 3.63) is 62.8 Å². The zero-order valence-electron chi connectivity index (χ0n) is 10.7. The molecule has 1 N–H and O–H groups in total. The number of ether oxygens (including phenoxy) is 1. The van der Waals surface area contributed by atoms with E-state index in [4.69, 9.17) is 16.3 Å². The van der Waals surface area contributed by atoms with Crippen LogP contribution in [0.15, 0.2) is 40.9 Å². The lowest BCUT2D eigenvalue weighted by atomic mass is 10.0. The van der Waals surface area contributed by atoms with Crippen molar-refractivity contribution >= 4 is 27.5 Å². The zero-order chi connectivity index (χ0) is 14.7. The number of methoxy groups -OCH3 is 1. The van der Waals surface area contributed by atoms with Gasteiger partial charge in [0.2, 0.25) is 0 Å². The van der Waals surface area contributed by atoms with Gasteiger partial charge in [0.1, 0.15) is 11.6 Å². The monoisotopic (exact) mass is 358 g/mol. The van der Waals surface area contributed by atoms with Gasteiger partial charge in [-0.05, 0) is 39.7 Å². The maximum absolute atomic E-state index is 13.6. The predicted molar refractivity (Wildman–Crippen MR) is 80.8 cm³/mol. The highest BCUT2D eigenvalue weighted by Crippen LogP contribution is 2.37. The van der Waals surface area contributed by atoms with Crippen molar-refractivity contribution in [3.8, 4) is 5.75 Å². The molecule has 0 aliphatic rings. The van der Waals surface area contributed by atoms with Crippen LogP contribution in [0.25, 0.3) is 0 Å². The largest absolute Gasteiger partial charge is 0.495 e. The first kappa shape index (κ1) is 15.3. The standard InChI is InChI=1S/C15H13BrClFO2/c1-20-15-11(7-10(17)8-12(15)16)14(19)6-9-4-2-3-5-13(9)18/h2-5,7-8,14,19H,6H2,1H3. The van der Waals surface area contributed by atoms with E-state index in [9.17, 15) is 9.50 Å². The number of hydrogen-bond donors (Lipinski definition) is 1. The summed E-state index contributed by atoms with van der Waals surface area (Å²) in [4.78, 5) is 0. The van der Waals surface area contributed by atoms with Crippen molar-refractivity contribution in [2.75, 3.05) is 7.11 Å². The highest BCUT2D eigenvalue weighted by Gasteiger charge is 2.18. The van der Waals surface area contributed by atoms with Crippen LogP contribution in [0.1, 0.15) is 17.2 Å². The van der Waals surface area contributed by atoms with E-state index in [1.165, 1.54) is 13.2 Å². The Balaban J connectivity index is 2.34. The molecule has 0 aliphatic carbocycles. The average Bonchev–Trinajstić information content (AvgIpc) is 2.40. The number of aliphatic hydroxyl groups excluding tert-OH is 1. The molecule has 106 valence electrons. The number of hydrogen-bond acceptors (Lipinski definition) is 2.